The van der Waals surface area contributed by atoms with Crippen LogP contribution in [0.5, 0.6) is 0 Å². The molecule has 4 amide bonds. The maximum Gasteiger partial charge on any atom is 0.335 e. The molecule has 0 saturated carbocycles. The molecule has 7 nitrogen and oxygen atoms in total. The van der Waals surface area contributed by atoms with Crippen LogP contribution in [0.1, 0.15) is 19.4 Å². The normalized spacial score (nSPS) is 19.7. The van der Waals surface area contributed by atoms with Gasteiger partial charge in [-0.2, -0.15) is 0 Å². The van der Waals surface area contributed by atoms with E-state index in [-0.39, 0.29) is 18.5 Å². The summed E-state index contributed by atoms with van der Waals surface area (Å²) in [5.74, 6) is -1.89. The van der Waals surface area contributed by atoms with Crippen LogP contribution in [0.4, 0.5) is 9.18 Å². The lowest BCUT2D eigenvalue weighted by Crippen LogP contribution is -2.51. The molecule has 146 valence electrons. The van der Waals surface area contributed by atoms with Gasteiger partial charge in [0.1, 0.15) is 5.82 Å². The molecule has 27 heavy (non-hydrogen) atoms. The minimum absolute atomic E-state index is 0.0842. The van der Waals surface area contributed by atoms with Crippen LogP contribution in [0.3, 0.4) is 0 Å². The molecule has 0 N–H and O–H groups in total. The molecule has 0 spiro atoms. The van der Waals surface area contributed by atoms with Crippen LogP contribution in [0, 0.1) is 5.82 Å². The van der Waals surface area contributed by atoms with E-state index in [1.807, 2.05) is 4.90 Å². The van der Waals surface area contributed by atoms with E-state index >= 15 is 0 Å². The van der Waals surface area contributed by atoms with Gasteiger partial charge in [-0.1, -0.05) is 17.7 Å². The van der Waals surface area contributed by atoms with Gasteiger partial charge in [-0.25, -0.2) is 14.1 Å². The maximum atomic E-state index is 13.9. The van der Waals surface area contributed by atoms with Crippen LogP contribution in [-0.2, 0) is 16.1 Å². The molecule has 2 saturated heterocycles. The number of amides is 4. The smallest absolute Gasteiger partial charge is 0.296 e. The zero-order chi connectivity index (χ0) is 19.7. The van der Waals surface area contributed by atoms with Crippen molar-refractivity contribution < 1.29 is 18.8 Å². The lowest BCUT2D eigenvalue weighted by Gasteiger charge is -2.36. The quantitative estimate of drug-likeness (QED) is 0.560. The van der Waals surface area contributed by atoms with Crippen molar-refractivity contribution in [2.75, 3.05) is 32.8 Å². The van der Waals surface area contributed by atoms with Crippen LogP contribution in [0.2, 0.25) is 5.02 Å². The zero-order valence-corrected chi connectivity index (χ0v) is 16.1. The third-order valence-corrected chi connectivity index (χ3v) is 5.20. The molecule has 0 aliphatic carbocycles. The predicted molar refractivity (Wildman–Crippen MR) is 97.4 cm³/mol. The number of urea groups is 1. The van der Waals surface area contributed by atoms with Crippen LogP contribution in [0.15, 0.2) is 18.2 Å². The van der Waals surface area contributed by atoms with Gasteiger partial charge < -0.3 is 0 Å². The van der Waals surface area contributed by atoms with E-state index < -0.39 is 17.8 Å². The summed E-state index contributed by atoms with van der Waals surface area (Å²) in [6.07, 6.45) is 0. The summed E-state index contributed by atoms with van der Waals surface area (Å²) in [5.41, 5.74) is 0.468. The van der Waals surface area contributed by atoms with Gasteiger partial charge in [0.25, 0.3) is 0 Å². The van der Waals surface area contributed by atoms with Gasteiger partial charge in [-0.05, 0) is 26.0 Å². The van der Waals surface area contributed by atoms with Crippen LogP contribution >= 0.6 is 11.6 Å². The van der Waals surface area contributed by atoms with Crippen LogP contribution in [-0.4, -0.2) is 76.3 Å². The Hall–Kier alpha value is -2.03. The number of hydrogen-bond donors (Lipinski definition) is 0. The summed E-state index contributed by atoms with van der Waals surface area (Å²) in [6, 6.07) is 3.70. The van der Waals surface area contributed by atoms with E-state index in [4.69, 9.17) is 11.6 Å². The first-order chi connectivity index (χ1) is 12.8. The largest absolute Gasteiger partial charge is 0.335 e. The second kappa shape index (κ2) is 7.92. The number of hydrogen-bond acceptors (Lipinski definition) is 5. The van der Waals surface area contributed by atoms with E-state index in [2.05, 4.69) is 4.90 Å². The zero-order valence-electron chi connectivity index (χ0n) is 15.3. The molecule has 0 aromatic heterocycles. The van der Waals surface area contributed by atoms with Crippen molar-refractivity contribution in [3.8, 4) is 0 Å². The Balaban J connectivity index is 1.56. The second-order valence-electron chi connectivity index (χ2n) is 7.02. The monoisotopic (exact) mass is 396 g/mol. The molecule has 1 aromatic carbocycles. The highest BCUT2D eigenvalue weighted by atomic mass is 35.5. The third kappa shape index (κ3) is 3.97. The van der Waals surface area contributed by atoms with Gasteiger partial charge in [0.2, 0.25) is 0 Å². The summed E-state index contributed by atoms with van der Waals surface area (Å²) in [6.45, 7) is 6.35. The number of piperazine rings is 1. The SMILES string of the molecule is CC(C)N1C(=O)C(=O)N(CN2CCN(Cc3c(F)cccc3Cl)CC2)C1=O. The summed E-state index contributed by atoms with van der Waals surface area (Å²) in [4.78, 5) is 42.4. The first-order valence-electron chi connectivity index (χ1n) is 8.86. The molecule has 0 unspecified atom stereocenters. The average molecular weight is 397 g/mol. The first kappa shape index (κ1) is 19.7. The lowest BCUT2D eigenvalue weighted by molar-refractivity contribution is -0.144. The third-order valence-electron chi connectivity index (χ3n) is 4.85. The number of nitrogens with zero attached hydrogens (tertiary/aromatic N) is 4. The Kier molecular flexibility index (Phi) is 5.78. The Bertz CT molecular complexity index is 745. The van der Waals surface area contributed by atoms with E-state index in [9.17, 15) is 18.8 Å². The van der Waals surface area contributed by atoms with Gasteiger partial charge in [0.15, 0.2) is 0 Å². The van der Waals surface area contributed by atoms with Gasteiger partial charge >= 0.3 is 17.8 Å². The fourth-order valence-corrected chi connectivity index (χ4v) is 3.52. The van der Waals surface area contributed by atoms with Gasteiger partial charge in [-0.15, -0.1) is 0 Å². The predicted octanol–water partition coefficient (Wildman–Crippen LogP) is 1.75. The van der Waals surface area contributed by atoms with E-state index in [0.29, 0.717) is 43.3 Å². The van der Waals surface area contributed by atoms with Gasteiger partial charge in [0, 0.05) is 49.4 Å². The molecule has 0 radical (unpaired) electrons. The Labute approximate surface area is 162 Å². The van der Waals surface area contributed by atoms with E-state index in [1.165, 1.54) is 6.07 Å². The summed E-state index contributed by atoms with van der Waals surface area (Å²) in [5, 5.41) is 0.401. The Morgan fingerprint density at radius 3 is 2.22 bits per heavy atom. The standard InChI is InChI=1S/C18H22ClFN4O3/c1-12(2)24-17(26)16(25)23(18(24)27)11-22-8-6-21(7-9-22)10-13-14(19)4-3-5-15(13)20/h3-5,12H,6-11H2,1-2H3. The van der Waals surface area contributed by atoms with Gasteiger partial charge in [-0.3, -0.25) is 24.3 Å². The van der Waals surface area contributed by atoms with Crippen molar-refractivity contribution in [3.63, 3.8) is 0 Å². The summed E-state index contributed by atoms with van der Waals surface area (Å²) in [7, 11) is 0. The molecule has 9 heteroatoms. The Morgan fingerprint density at radius 1 is 1.04 bits per heavy atom. The average Bonchev–Trinajstić information content (AvgIpc) is 2.83. The summed E-state index contributed by atoms with van der Waals surface area (Å²) >= 11 is 6.08. The topological polar surface area (TPSA) is 64.2 Å². The van der Waals surface area contributed by atoms with E-state index in [1.54, 1.807) is 26.0 Å². The highest BCUT2D eigenvalue weighted by Crippen LogP contribution is 2.22. The maximum absolute atomic E-state index is 13.9. The number of carbonyl (C=O) groups is 3. The molecule has 0 atom stereocenters. The molecule has 2 aliphatic heterocycles. The van der Waals surface area contributed by atoms with Crippen LogP contribution < -0.4 is 0 Å². The minimum Gasteiger partial charge on any atom is -0.296 e. The Morgan fingerprint density at radius 2 is 1.67 bits per heavy atom. The molecule has 1 aromatic rings. The molecule has 2 aliphatic rings. The number of rotatable bonds is 5. The highest BCUT2D eigenvalue weighted by Gasteiger charge is 2.46. The molecule has 2 heterocycles. The van der Waals surface area contributed by atoms with Crippen molar-refractivity contribution in [1.82, 2.24) is 19.6 Å². The first-order valence-corrected chi connectivity index (χ1v) is 9.24. The number of carbonyl (C=O) groups excluding carboxylic acids is 3. The van der Waals surface area contributed by atoms with Crippen LogP contribution in [0.25, 0.3) is 0 Å². The number of imide groups is 2. The van der Waals surface area contributed by atoms with E-state index in [0.717, 1.165) is 9.80 Å². The number of benzene rings is 1. The molecular formula is C18H22ClFN4O3. The van der Waals surface area contributed by atoms with Crippen molar-refractivity contribution in [2.45, 2.75) is 26.4 Å². The fraction of sp³-hybridized carbons (Fsp3) is 0.500. The van der Waals surface area contributed by atoms with Gasteiger partial charge in [0.05, 0.1) is 6.67 Å². The summed E-state index contributed by atoms with van der Waals surface area (Å²) < 4.78 is 13.9. The van der Waals surface area contributed by atoms with Crippen molar-refractivity contribution >= 4 is 29.4 Å². The minimum atomic E-state index is -0.783. The van der Waals surface area contributed by atoms with Crippen molar-refractivity contribution in [1.29, 1.82) is 0 Å². The molecular weight excluding hydrogens is 375 g/mol. The molecule has 3 rings (SSSR count). The fourth-order valence-electron chi connectivity index (χ4n) is 3.30. The highest BCUT2D eigenvalue weighted by molar-refractivity contribution is 6.44. The lowest BCUT2D eigenvalue weighted by atomic mass is 10.2. The van der Waals surface area contributed by atoms with Crippen molar-refractivity contribution in [3.05, 3.63) is 34.6 Å². The molecule has 0 bridgehead atoms. The second-order valence-corrected chi connectivity index (χ2v) is 7.43. The molecule has 2 fully saturated rings. The van der Waals surface area contributed by atoms with Crippen molar-refractivity contribution in [2.24, 2.45) is 0 Å². The number of halogens is 2.